The van der Waals surface area contributed by atoms with Crippen molar-refractivity contribution < 1.29 is 5.11 Å². The van der Waals surface area contributed by atoms with E-state index in [4.69, 9.17) is 9.97 Å². The zero-order valence-electron chi connectivity index (χ0n) is 17.8. The van der Waals surface area contributed by atoms with Gasteiger partial charge < -0.3 is 15.0 Å². The molecule has 5 heteroatoms. The molecule has 3 atom stereocenters. The quantitative estimate of drug-likeness (QED) is 0.848. The molecule has 0 saturated carbocycles. The van der Waals surface area contributed by atoms with E-state index < -0.39 is 0 Å². The van der Waals surface area contributed by atoms with Gasteiger partial charge in [0.25, 0.3) is 0 Å². The Morgan fingerprint density at radius 2 is 2.04 bits per heavy atom. The summed E-state index contributed by atoms with van der Waals surface area (Å²) < 4.78 is 2.17. The fourth-order valence-electron chi connectivity index (χ4n) is 4.56. The summed E-state index contributed by atoms with van der Waals surface area (Å²) in [6.07, 6.45) is 6.44. The molecule has 150 valence electrons. The van der Waals surface area contributed by atoms with E-state index in [0.29, 0.717) is 11.8 Å². The first-order valence-corrected chi connectivity index (χ1v) is 10.4. The summed E-state index contributed by atoms with van der Waals surface area (Å²) in [7, 11) is 2.08. The molecule has 27 heavy (non-hydrogen) atoms. The third-order valence-corrected chi connectivity index (χ3v) is 5.90. The summed E-state index contributed by atoms with van der Waals surface area (Å²) in [4.78, 5) is 9.70. The minimum absolute atomic E-state index is 0.0594. The smallest absolute Gasteiger partial charge is 0.158 e. The van der Waals surface area contributed by atoms with Crippen LogP contribution in [0, 0.1) is 11.8 Å². The highest BCUT2D eigenvalue weighted by Gasteiger charge is 2.29. The number of aliphatic hydroxyl groups excluding tert-OH is 1. The van der Waals surface area contributed by atoms with Crippen LogP contribution in [-0.2, 0) is 12.5 Å². The Bertz CT molecular complexity index is 774. The van der Waals surface area contributed by atoms with Gasteiger partial charge in [-0.3, -0.25) is 4.98 Å². The molecule has 0 bridgehead atoms. The number of aromatic nitrogens is 3. The number of hydrogen-bond acceptors (Lipinski definition) is 4. The van der Waals surface area contributed by atoms with Gasteiger partial charge >= 0.3 is 0 Å². The number of hydrogen-bond donors (Lipinski definition) is 2. The fraction of sp³-hybridized carbons (Fsp3) is 0.727. The molecule has 0 radical (unpaired) electrons. The molecule has 1 aliphatic rings. The predicted molar refractivity (Wildman–Crippen MR) is 111 cm³/mol. The van der Waals surface area contributed by atoms with Crippen molar-refractivity contribution in [3.8, 4) is 0 Å². The SMILES string of the molecule is CC(C)C[C@@H]1CCC[C@@H](c2cnc3cc(C(C)(C)C)n(C)c3n2)N[C@H]1CO. The second-order valence-corrected chi connectivity index (χ2v) is 9.67. The van der Waals surface area contributed by atoms with E-state index in [2.05, 4.69) is 57.6 Å². The predicted octanol–water partition coefficient (Wildman–Crippen LogP) is 4.10. The van der Waals surface area contributed by atoms with Gasteiger partial charge in [-0.25, -0.2) is 4.98 Å². The Morgan fingerprint density at radius 1 is 1.30 bits per heavy atom. The highest BCUT2D eigenvalue weighted by Crippen LogP contribution is 2.32. The molecule has 1 saturated heterocycles. The van der Waals surface area contributed by atoms with E-state index in [-0.39, 0.29) is 24.1 Å². The van der Waals surface area contributed by atoms with Crippen LogP contribution in [0.2, 0.25) is 0 Å². The van der Waals surface area contributed by atoms with Crippen molar-refractivity contribution in [3.05, 3.63) is 23.7 Å². The monoisotopic (exact) mass is 372 g/mol. The van der Waals surface area contributed by atoms with Crippen LogP contribution in [0.4, 0.5) is 0 Å². The third kappa shape index (κ3) is 4.35. The van der Waals surface area contributed by atoms with Gasteiger partial charge in [0.1, 0.15) is 5.52 Å². The first-order chi connectivity index (χ1) is 12.7. The molecule has 1 fully saturated rings. The van der Waals surface area contributed by atoms with Crippen molar-refractivity contribution in [3.63, 3.8) is 0 Å². The van der Waals surface area contributed by atoms with E-state index in [1.807, 2.05) is 6.20 Å². The van der Waals surface area contributed by atoms with Crippen LogP contribution < -0.4 is 5.32 Å². The van der Waals surface area contributed by atoms with Crippen LogP contribution in [-0.4, -0.2) is 32.3 Å². The average molecular weight is 373 g/mol. The van der Waals surface area contributed by atoms with Crippen molar-refractivity contribution >= 4 is 11.2 Å². The minimum Gasteiger partial charge on any atom is -0.395 e. The first-order valence-electron chi connectivity index (χ1n) is 10.4. The Kier molecular flexibility index (Phi) is 5.92. The molecule has 0 unspecified atom stereocenters. The van der Waals surface area contributed by atoms with Crippen molar-refractivity contribution in [2.75, 3.05) is 6.61 Å². The fourth-order valence-corrected chi connectivity index (χ4v) is 4.56. The number of fused-ring (bicyclic) bond motifs is 1. The lowest BCUT2D eigenvalue weighted by atomic mass is 9.88. The lowest BCUT2D eigenvalue weighted by Crippen LogP contribution is -2.40. The molecule has 0 aromatic carbocycles. The van der Waals surface area contributed by atoms with E-state index in [0.717, 1.165) is 36.1 Å². The Hall–Kier alpha value is -1.46. The van der Waals surface area contributed by atoms with Gasteiger partial charge in [-0.1, -0.05) is 41.0 Å². The van der Waals surface area contributed by atoms with E-state index in [1.165, 1.54) is 12.1 Å². The van der Waals surface area contributed by atoms with Gasteiger partial charge in [-0.05, 0) is 37.2 Å². The number of nitrogens with one attached hydrogen (secondary N) is 1. The molecule has 0 amide bonds. The second-order valence-electron chi connectivity index (χ2n) is 9.67. The van der Waals surface area contributed by atoms with Crippen LogP contribution >= 0.6 is 0 Å². The van der Waals surface area contributed by atoms with Gasteiger partial charge in [0.2, 0.25) is 0 Å². The van der Waals surface area contributed by atoms with Crippen molar-refractivity contribution in [1.82, 2.24) is 19.9 Å². The average Bonchev–Trinajstić information content (AvgIpc) is 2.80. The minimum atomic E-state index is 0.0594. The zero-order valence-corrected chi connectivity index (χ0v) is 17.8. The van der Waals surface area contributed by atoms with E-state index in [1.54, 1.807) is 0 Å². The third-order valence-electron chi connectivity index (χ3n) is 5.90. The molecular weight excluding hydrogens is 336 g/mol. The summed E-state index contributed by atoms with van der Waals surface area (Å²) in [6, 6.07) is 2.45. The molecule has 2 aromatic rings. The summed E-state index contributed by atoms with van der Waals surface area (Å²) in [5.74, 6) is 1.18. The molecule has 0 spiro atoms. The summed E-state index contributed by atoms with van der Waals surface area (Å²) in [5.41, 5.74) is 4.20. The Morgan fingerprint density at radius 3 is 2.67 bits per heavy atom. The first kappa shape index (κ1) is 20.3. The summed E-state index contributed by atoms with van der Waals surface area (Å²) >= 11 is 0. The maximum absolute atomic E-state index is 9.97. The number of nitrogens with zero attached hydrogens (tertiary/aromatic N) is 3. The van der Waals surface area contributed by atoms with Gasteiger partial charge in [0.15, 0.2) is 5.65 Å². The lowest BCUT2D eigenvalue weighted by molar-refractivity contribution is 0.178. The molecular formula is C22H36N4O. The van der Waals surface area contributed by atoms with Crippen molar-refractivity contribution in [1.29, 1.82) is 0 Å². The normalized spacial score (nSPS) is 24.5. The summed E-state index contributed by atoms with van der Waals surface area (Å²) in [6.45, 7) is 11.4. The number of aryl methyl sites for hydroxylation is 1. The Labute approximate surface area is 163 Å². The van der Waals surface area contributed by atoms with E-state index >= 15 is 0 Å². The zero-order chi connectivity index (χ0) is 19.8. The molecule has 1 aliphatic heterocycles. The second kappa shape index (κ2) is 7.88. The number of rotatable bonds is 4. The highest BCUT2D eigenvalue weighted by atomic mass is 16.3. The van der Waals surface area contributed by atoms with Crippen LogP contribution in [0.3, 0.4) is 0 Å². The van der Waals surface area contributed by atoms with Gasteiger partial charge in [0.05, 0.1) is 24.5 Å². The molecule has 3 rings (SSSR count). The molecule has 2 N–H and O–H groups in total. The standard InChI is InChI=1S/C22H36N4O/c1-14(2)10-15-8-7-9-16(24-19(15)13-27)18-12-23-17-11-20(22(3,4)5)26(6)21(17)25-18/h11-12,14-16,19,24,27H,7-10,13H2,1-6H3/t15-,16-,19-/m0/s1. The maximum atomic E-state index is 9.97. The van der Waals surface area contributed by atoms with Crippen LogP contribution in [0.5, 0.6) is 0 Å². The van der Waals surface area contributed by atoms with Gasteiger partial charge in [-0.15, -0.1) is 0 Å². The van der Waals surface area contributed by atoms with Crippen LogP contribution in [0.25, 0.3) is 11.2 Å². The van der Waals surface area contributed by atoms with Crippen LogP contribution in [0.15, 0.2) is 12.3 Å². The lowest BCUT2D eigenvalue weighted by Gasteiger charge is -2.28. The van der Waals surface area contributed by atoms with Crippen molar-refractivity contribution in [2.45, 2.75) is 77.8 Å². The number of aliphatic hydroxyl groups is 1. The topological polar surface area (TPSA) is 63.0 Å². The maximum Gasteiger partial charge on any atom is 0.158 e. The van der Waals surface area contributed by atoms with Crippen LogP contribution in [0.1, 0.15) is 77.7 Å². The molecule has 5 nitrogen and oxygen atoms in total. The summed E-state index contributed by atoms with van der Waals surface area (Å²) in [5, 5.41) is 13.7. The van der Waals surface area contributed by atoms with Gasteiger partial charge in [-0.2, -0.15) is 0 Å². The molecule has 3 heterocycles. The largest absolute Gasteiger partial charge is 0.395 e. The Balaban J connectivity index is 1.89. The van der Waals surface area contributed by atoms with E-state index in [9.17, 15) is 5.11 Å². The highest BCUT2D eigenvalue weighted by molar-refractivity contribution is 5.73. The van der Waals surface area contributed by atoms with Gasteiger partial charge in [0, 0.05) is 24.2 Å². The molecule has 0 aliphatic carbocycles. The molecule has 2 aromatic heterocycles. The van der Waals surface area contributed by atoms with Crippen molar-refractivity contribution in [2.24, 2.45) is 18.9 Å².